The van der Waals surface area contributed by atoms with Gasteiger partial charge < -0.3 is 10.2 Å². The second-order valence-electron chi connectivity index (χ2n) is 6.72. The summed E-state index contributed by atoms with van der Waals surface area (Å²) in [7, 11) is 0. The molecule has 27 heavy (non-hydrogen) atoms. The summed E-state index contributed by atoms with van der Waals surface area (Å²) in [6, 6.07) is 14.6. The highest BCUT2D eigenvalue weighted by atomic mass is 35.5. The van der Waals surface area contributed by atoms with Crippen molar-refractivity contribution in [2.45, 2.75) is 46.2 Å². The molecule has 0 aromatic heterocycles. The summed E-state index contributed by atoms with van der Waals surface area (Å²) in [5, 5.41) is 3.52. The van der Waals surface area contributed by atoms with Crippen LogP contribution in [0.25, 0.3) is 0 Å². The molecule has 0 spiro atoms. The lowest BCUT2D eigenvalue weighted by Gasteiger charge is -2.29. The van der Waals surface area contributed by atoms with E-state index in [0.717, 1.165) is 23.1 Å². The number of amides is 2. The molecule has 0 aliphatic carbocycles. The Balaban J connectivity index is 2.21. The van der Waals surface area contributed by atoms with Crippen molar-refractivity contribution >= 4 is 23.4 Å². The van der Waals surface area contributed by atoms with Crippen LogP contribution in [0.4, 0.5) is 0 Å². The molecule has 0 saturated heterocycles. The van der Waals surface area contributed by atoms with Gasteiger partial charge in [0.1, 0.15) is 6.04 Å². The van der Waals surface area contributed by atoms with Crippen molar-refractivity contribution in [2.24, 2.45) is 0 Å². The van der Waals surface area contributed by atoms with Gasteiger partial charge in [0, 0.05) is 18.1 Å². The molecule has 0 saturated carbocycles. The summed E-state index contributed by atoms with van der Waals surface area (Å²) in [6.45, 7) is 6.80. The lowest BCUT2D eigenvalue weighted by atomic mass is 10.1. The molecule has 4 nitrogen and oxygen atoms in total. The van der Waals surface area contributed by atoms with Crippen LogP contribution in [-0.2, 0) is 22.6 Å². The van der Waals surface area contributed by atoms with E-state index < -0.39 is 6.04 Å². The van der Waals surface area contributed by atoms with E-state index in [-0.39, 0.29) is 18.2 Å². The molecule has 0 aliphatic heterocycles. The van der Waals surface area contributed by atoms with Crippen LogP contribution in [-0.4, -0.2) is 29.3 Å². The first-order valence-electron chi connectivity index (χ1n) is 9.28. The third-order valence-electron chi connectivity index (χ3n) is 4.59. The smallest absolute Gasteiger partial charge is 0.242 e. The minimum absolute atomic E-state index is 0.0836. The van der Waals surface area contributed by atoms with Gasteiger partial charge in [-0.1, -0.05) is 54.9 Å². The van der Waals surface area contributed by atoms with E-state index in [1.165, 1.54) is 0 Å². The molecule has 0 aliphatic rings. The third-order valence-corrected chi connectivity index (χ3v) is 4.84. The standard InChI is InChI=1S/C22H27ClN2O2/c1-4-13-24-22(27)17(3)25(15-19-8-6-5-7-16(19)2)21(26)14-18-9-11-20(23)12-10-18/h5-12,17H,4,13-15H2,1-3H3,(H,24,27)/t17-/m1/s1. The summed E-state index contributed by atoms with van der Waals surface area (Å²) >= 11 is 5.93. The van der Waals surface area contributed by atoms with E-state index in [9.17, 15) is 9.59 Å². The Morgan fingerprint density at radius 3 is 2.41 bits per heavy atom. The molecular weight excluding hydrogens is 360 g/mol. The normalized spacial score (nSPS) is 11.7. The number of aryl methyl sites for hydroxylation is 1. The fourth-order valence-electron chi connectivity index (χ4n) is 2.83. The van der Waals surface area contributed by atoms with Crippen LogP contribution in [0, 0.1) is 6.92 Å². The molecule has 2 rings (SSSR count). The highest BCUT2D eigenvalue weighted by Crippen LogP contribution is 2.16. The van der Waals surface area contributed by atoms with Crippen molar-refractivity contribution in [2.75, 3.05) is 6.54 Å². The first-order chi connectivity index (χ1) is 12.9. The van der Waals surface area contributed by atoms with Gasteiger partial charge in [-0.05, 0) is 49.1 Å². The topological polar surface area (TPSA) is 49.4 Å². The number of rotatable bonds is 8. The highest BCUT2D eigenvalue weighted by Gasteiger charge is 2.26. The molecule has 0 unspecified atom stereocenters. The van der Waals surface area contributed by atoms with Gasteiger partial charge in [0.05, 0.1) is 6.42 Å². The molecule has 2 aromatic rings. The molecule has 2 aromatic carbocycles. The first kappa shape index (κ1) is 21.0. The van der Waals surface area contributed by atoms with Crippen LogP contribution in [0.3, 0.4) is 0 Å². The average Bonchev–Trinajstić information content (AvgIpc) is 2.66. The Morgan fingerprint density at radius 2 is 1.78 bits per heavy atom. The van der Waals surface area contributed by atoms with Crippen molar-refractivity contribution in [3.63, 3.8) is 0 Å². The number of nitrogens with one attached hydrogen (secondary N) is 1. The fourth-order valence-corrected chi connectivity index (χ4v) is 2.95. The maximum Gasteiger partial charge on any atom is 0.242 e. The van der Waals surface area contributed by atoms with Crippen LogP contribution in [0.5, 0.6) is 0 Å². The minimum Gasteiger partial charge on any atom is -0.354 e. The van der Waals surface area contributed by atoms with Gasteiger partial charge in [-0.15, -0.1) is 0 Å². The molecule has 1 atom stereocenters. The molecule has 2 amide bonds. The summed E-state index contributed by atoms with van der Waals surface area (Å²) in [5.74, 6) is -0.213. The Morgan fingerprint density at radius 1 is 1.11 bits per heavy atom. The molecule has 1 N–H and O–H groups in total. The maximum atomic E-state index is 13.0. The van der Waals surface area contributed by atoms with E-state index in [1.807, 2.05) is 50.2 Å². The van der Waals surface area contributed by atoms with Crippen LogP contribution in [0.2, 0.25) is 5.02 Å². The zero-order valence-corrected chi connectivity index (χ0v) is 16.9. The van der Waals surface area contributed by atoms with Gasteiger partial charge in [-0.25, -0.2) is 0 Å². The van der Waals surface area contributed by atoms with Crippen molar-refractivity contribution in [1.82, 2.24) is 10.2 Å². The highest BCUT2D eigenvalue weighted by molar-refractivity contribution is 6.30. The summed E-state index contributed by atoms with van der Waals surface area (Å²) in [6.07, 6.45) is 1.09. The van der Waals surface area contributed by atoms with E-state index in [0.29, 0.717) is 18.1 Å². The SMILES string of the molecule is CCCNC(=O)[C@@H](C)N(Cc1ccccc1C)C(=O)Cc1ccc(Cl)cc1. The fraction of sp³-hybridized carbons (Fsp3) is 0.364. The van der Waals surface area contributed by atoms with Crippen molar-refractivity contribution in [1.29, 1.82) is 0 Å². The van der Waals surface area contributed by atoms with Gasteiger partial charge in [-0.2, -0.15) is 0 Å². The van der Waals surface area contributed by atoms with E-state index >= 15 is 0 Å². The van der Waals surface area contributed by atoms with Crippen molar-refractivity contribution in [3.8, 4) is 0 Å². The van der Waals surface area contributed by atoms with Gasteiger partial charge >= 0.3 is 0 Å². The van der Waals surface area contributed by atoms with Crippen LogP contribution in [0.1, 0.15) is 37.0 Å². The van der Waals surface area contributed by atoms with E-state index in [2.05, 4.69) is 5.32 Å². The minimum atomic E-state index is -0.545. The number of hydrogen-bond acceptors (Lipinski definition) is 2. The van der Waals surface area contributed by atoms with E-state index in [1.54, 1.807) is 24.0 Å². The number of benzene rings is 2. The third kappa shape index (κ3) is 6.10. The van der Waals surface area contributed by atoms with Gasteiger partial charge in [0.25, 0.3) is 0 Å². The predicted molar refractivity (Wildman–Crippen MR) is 110 cm³/mol. The molecule has 5 heteroatoms. The lowest BCUT2D eigenvalue weighted by Crippen LogP contribution is -2.48. The molecular formula is C22H27ClN2O2. The second kappa shape index (κ2) is 10.1. The van der Waals surface area contributed by atoms with Crippen molar-refractivity contribution in [3.05, 3.63) is 70.2 Å². The monoisotopic (exact) mass is 386 g/mol. The van der Waals surface area contributed by atoms with E-state index in [4.69, 9.17) is 11.6 Å². The first-order valence-corrected chi connectivity index (χ1v) is 9.66. The molecule has 0 bridgehead atoms. The van der Waals surface area contributed by atoms with Crippen LogP contribution < -0.4 is 5.32 Å². The Hall–Kier alpha value is -2.33. The number of hydrogen-bond donors (Lipinski definition) is 1. The number of halogens is 1. The predicted octanol–water partition coefficient (Wildman–Crippen LogP) is 4.13. The van der Waals surface area contributed by atoms with Crippen molar-refractivity contribution < 1.29 is 9.59 Å². The number of carbonyl (C=O) groups excluding carboxylic acids is 2. The summed E-state index contributed by atoms with van der Waals surface area (Å²) < 4.78 is 0. The largest absolute Gasteiger partial charge is 0.354 e. The number of carbonyl (C=O) groups is 2. The van der Waals surface area contributed by atoms with Gasteiger partial charge in [-0.3, -0.25) is 9.59 Å². The Labute approximate surface area is 166 Å². The number of nitrogens with zero attached hydrogens (tertiary/aromatic N) is 1. The second-order valence-corrected chi connectivity index (χ2v) is 7.15. The quantitative estimate of drug-likeness (QED) is 0.741. The van der Waals surface area contributed by atoms with Gasteiger partial charge in [0.15, 0.2) is 0 Å². The Kier molecular flexibility index (Phi) is 7.86. The molecule has 144 valence electrons. The zero-order chi connectivity index (χ0) is 19.8. The van der Waals surface area contributed by atoms with Crippen LogP contribution >= 0.6 is 11.6 Å². The zero-order valence-electron chi connectivity index (χ0n) is 16.2. The maximum absolute atomic E-state index is 13.0. The average molecular weight is 387 g/mol. The molecule has 0 heterocycles. The summed E-state index contributed by atoms with van der Waals surface area (Å²) in [4.78, 5) is 27.2. The lowest BCUT2D eigenvalue weighted by molar-refractivity contribution is -0.140. The van der Waals surface area contributed by atoms with Crippen LogP contribution in [0.15, 0.2) is 48.5 Å². The Bertz CT molecular complexity index is 774. The molecule has 0 radical (unpaired) electrons. The summed E-state index contributed by atoms with van der Waals surface area (Å²) in [5.41, 5.74) is 3.01. The molecule has 0 fully saturated rings. The van der Waals surface area contributed by atoms with Gasteiger partial charge in [0.2, 0.25) is 11.8 Å².